The zero-order valence-electron chi connectivity index (χ0n) is 16.2. The Balaban J connectivity index is 1.77. The summed E-state index contributed by atoms with van der Waals surface area (Å²) in [7, 11) is 0. The lowest BCUT2D eigenvalue weighted by Crippen LogP contribution is -2.20. The van der Waals surface area contributed by atoms with Crippen LogP contribution in [0.2, 0.25) is 5.02 Å². The molecule has 1 N–H and O–H groups in total. The highest BCUT2D eigenvalue weighted by Gasteiger charge is 2.13. The average molecular weight is 410 g/mol. The molecule has 29 heavy (non-hydrogen) atoms. The molecule has 6 heteroatoms. The number of carboxylic acids is 1. The summed E-state index contributed by atoms with van der Waals surface area (Å²) >= 11 is 6.37. The molecule has 0 saturated heterocycles. The second-order valence-corrected chi connectivity index (χ2v) is 7.19. The Kier molecular flexibility index (Phi) is 7.59. The van der Waals surface area contributed by atoms with E-state index < -0.39 is 5.97 Å². The highest BCUT2D eigenvalue weighted by atomic mass is 35.5. The average Bonchev–Trinajstić information content (AvgIpc) is 2.74. The van der Waals surface area contributed by atoms with E-state index in [0.29, 0.717) is 11.4 Å². The van der Waals surface area contributed by atoms with Crippen LogP contribution in [0.5, 0.6) is 0 Å². The molecule has 150 valence electrons. The number of rotatable bonds is 10. The third-order valence-corrected chi connectivity index (χ3v) is 4.98. The first-order valence-electron chi connectivity index (χ1n) is 9.76. The molecule has 5 nitrogen and oxygen atoms in total. The van der Waals surface area contributed by atoms with Gasteiger partial charge >= 0.3 is 5.97 Å². The number of carbonyl (C=O) groups is 1. The number of unbranched alkanes of at least 4 members (excludes halogenated alkanes) is 3. The Hall–Kier alpha value is -2.92. The third kappa shape index (κ3) is 6.03. The first-order chi connectivity index (χ1) is 14.1. The van der Waals surface area contributed by atoms with Gasteiger partial charge in [-0.3, -0.25) is 4.79 Å². The van der Waals surface area contributed by atoms with E-state index in [1.807, 2.05) is 54.6 Å². The number of nitrogens with zero attached hydrogens (tertiary/aromatic N) is 3. The van der Waals surface area contributed by atoms with Crippen LogP contribution in [-0.2, 0) is 4.79 Å². The first-order valence-corrected chi connectivity index (χ1v) is 10.1. The van der Waals surface area contributed by atoms with Gasteiger partial charge in [0.05, 0.1) is 0 Å². The van der Waals surface area contributed by atoms with Gasteiger partial charge in [0.15, 0.2) is 0 Å². The maximum absolute atomic E-state index is 10.6. The van der Waals surface area contributed by atoms with Gasteiger partial charge in [-0.2, -0.15) is 0 Å². The first kappa shape index (κ1) is 20.8. The fourth-order valence-corrected chi connectivity index (χ4v) is 3.43. The third-order valence-electron chi connectivity index (χ3n) is 4.66. The molecule has 0 fully saturated rings. The van der Waals surface area contributed by atoms with Crippen molar-refractivity contribution in [3.8, 4) is 11.1 Å². The summed E-state index contributed by atoms with van der Waals surface area (Å²) in [6.07, 6.45) is 7.28. The summed E-state index contributed by atoms with van der Waals surface area (Å²) in [4.78, 5) is 21.8. The number of carboxylic acid groups (broad SMARTS) is 1. The van der Waals surface area contributed by atoms with Crippen molar-refractivity contribution in [2.45, 2.75) is 32.1 Å². The van der Waals surface area contributed by atoms with Crippen LogP contribution in [0.15, 0.2) is 67.0 Å². The second kappa shape index (κ2) is 10.6. The van der Waals surface area contributed by atoms with Gasteiger partial charge < -0.3 is 10.0 Å². The summed E-state index contributed by atoms with van der Waals surface area (Å²) in [5.41, 5.74) is 1.97. The van der Waals surface area contributed by atoms with Gasteiger partial charge in [-0.25, -0.2) is 9.97 Å². The lowest BCUT2D eigenvalue weighted by atomic mass is 10.1. The molecule has 0 aliphatic rings. The van der Waals surface area contributed by atoms with Crippen LogP contribution in [0.25, 0.3) is 11.1 Å². The summed E-state index contributed by atoms with van der Waals surface area (Å²) < 4.78 is 0. The van der Waals surface area contributed by atoms with Crippen molar-refractivity contribution >= 4 is 29.2 Å². The minimum atomic E-state index is -0.735. The van der Waals surface area contributed by atoms with Gasteiger partial charge in [-0.05, 0) is 48.7 Å². The van der Waals surface area contributed by atoms with Crippen molar-refractivity contribution in [3.63, 3.8) is 0 Å². The molecule has 0 aliphatic carbocycles. The fourth-order valence-electron chi connectivity index (χ4n) is 3.19. The van der Waals surface area contributed by atoms with Crippen molar-refractivity contribution in [2.75, 3.05) is 11.4 Å². The number of aliphatic carboxylic acids is 1. The molecule has 0 aliphatic heterocycles. The number of aromatic nitrogens is 2. The van der Waals surface area contributed by atoms with Crippen LogP contribution in [0.3, 0.4) is 0 Å². The maximum Gasteiger partial charge on any atom is 0.303 e. The molecule has 3 aromatic rings. The van der Waals surface area contributed by atoms with E-state index in [1.54, 1.807) is 12.4 Å². The van der Waals surface area contributed by atoms with Crippen molar-refractivity contribution in [2.24, 2.45) is 0 Å². The Morgan fingerprint density at radius 2 is 1.66 bits per heavy atom. The van der Waals surface area contributed by atoms with E-state index in [2.05, 4.69) is 14.9 Å². The van der Waals surface area contributed by atoms with E-state index in [-0.39, 0.29) is 6.42 Å². The Morgan fingerprint density at radius 3 is 2.41 bits per heavy atom. The number of anilines is 2. The van der Waals surface area contributed by atoms with Crippen LogP contribution in [0, 0.1) is 0 Å². The summed E-state index contributed by atoms with van der Waals surface area (Å²) in [5.74, 6) is 0.911. The molecule has 0 amide bonds. The van der Waals surface area contributed by atoms with E-state index in [4.69, 9.17) is 16.7 Å². The largest absolute Gasteiger partial charge is 0.481 e. The highest BCUT2D eigenvalue weighted by Crippen LogP contribution is 2.31. The van der Waals surface area contributed by atoms with Crippen LogP contribution in [0.1, 0.15) is 32.1 Å². The van der Waals surface area contributed by atoms with Crippen molar-refractivity contribution in [3.05, 3.63) is 72.0 Å². The maximum atomic E-state index is 10.6. The lowest BCUT2D eigenvalue weighted by Gasteiger charge is -2.23. The number of hydrogen-bond acceptors (Lipinski definition) is 4. The number of pyridine rings is 2. The number of halogens is 1. The van der Waals surface area contributed by atoms with Crippen molar-refractivity contribution in [1.82, 2.24) is 9.97 Å². The van der Waals surface area contributed by atoms with Gasteiger partial charge in [0, 0.05) is 35.9 Å². The van der Waals surface area contributed by atoms with Crippen LogP contribution in [0.4, 0.5) is 11.6 Å². The van der Waals surface area contributed by atoms with E-state index in [1.165, 1.54) is 0 Å². The van der Waals surface area contributed by atoms with Gasteiger partial charge in [-0.1, -0.05) is 48.7 Å². The van der Waals surface area contributed by atoms with Crippen LogP contribution < -0.4 is 4.90 Å². The smallest absolute Gasteiger partial charge is 0.303 e. The molecular weight excluding hydrogens is 386 g/mol. The monoisotopic (exact) mass is 409 g/mol. The topological polar surface area (TPSA) is 66.3 Å². The number of hydrogen-bond donors (Lipinski definition) is 1. The predicted molar refractivity (Wildman–Crippen MR) is 117 cm³/mol. The van der Waals surface area contributed by atoms with Gasteiger partial charge in [0.25, 0.3) is 0 Å². The van der Waals surface area contributed by atoms with Gasteiger partial charge in [-0.15, -0.1) is 0 Å². The van der Waals surface area contributed by atoms with Gasteiger partial charge in [0.1, 0.15) is 11.6 Å². The molecule has 2 aromatic heterocycles. The SMILES string of the molecule is O=C(O)CCCCCCN(c1ccccn1)c1cc(-c2ccccc2Cl)ccn1. The normalized spacial score (nSPS) is 10.7. The predicted octanol–water partition coefficient (Wildman–Crippen LogP) is 5.97. The lowest BCUT2D eigenvalue weighted by molar-refractivity contribution is -0.137. The van der Waals surface area contributed by atoms with Gasteiger partial charge in [0.2, 0.25) is 0 Å². The quantitative estimate of drug-likeness (QED) is 0.418. The molecule has 0 spiro atoms. The zero-order valence-corrected chi connectivity index (χ0v) is 16.9. The molecule has 0 saturated carbocycles. The Bertz CT molecular complexity index is 934. The van der Waals surface area contributed by atoms with Crippen LogP contribution in [-0.4, -0.2) is 27.6 Å². The minimum absolute atomic E-state index is 0.228. The molecular formula is C23H24ClN3O2. The van der Waals surface area contributed by atoms with E-state index >= 15 is 0 Å². The molecule has 0 radical (unpaired) electrons. The molecule has 1 aromatic carbocycles. The summed E-state index contributed by atoms with van der Waals surface area (Å²) in [6.45, 7) is 0.753. The van der Waals surface area contributed by atoms with Crippen LogP contribution >= 0.6 is 11.6 Å². The molecule has 0 bridgehead atoms. The Labute approximate surface area is 176 Å². The molecule has 2 heterocycles. The summed E-state index contributed by atoms with van der Waals surface area (Å²) in [5, 5.41) is 9.46. The highest BCUT2D eigenvalue weighted by molar-refractivity contribution is 6.33. The molecule has 0 unspecified atom stereocenters. The number of benzene rings is 1. The standard InChI is InChI=1S/C23H24ClN3O2/c24-20-10-5-4-9-19(20)18-13-15-26-22(17-18)27(21-11-6-7-14-25-21)16-8-2-1-3-12-23(28)29/h4-7,9-11,13-15,17H,1-3,8,12,16H2,(H,28,29). The van der Waals surface area contributed by atoms with E-state index in [9.17, 15) is 4.79 Å². The Morgan fingerprint density at radius 1 is 0.897 bits per heavy atom. The minimum Gasteiger partial charge on any atom is -0.481 e. The van der Waals surface area contributed by atoms with Crippen molar-refractivity contribution < 1.29 is 9.90 Å². The molecule has 3 rings (SSSR count). The second-order valence-electron chi connectivity index (χ2n) is 6.78. The summed E-state index contributed by atoms with van der Waals surface area (Å²) in [6, 6.07) is 17.6. The zero-order chi connectivity index (χ0) is 20.5. The van der Waals surface area contributed by atoms with Crippen molar-refractivity contribution in [1.29, 1.82) is 0 Å². The fraction of sp³-hybridized carbons (Fsp3) is 0.261. The molecule has 0 atom stereocenters. The van der Waals surface area contributed by atoms with E-state index in [0.717, 1.165) is 48.6 Å².